The number of piperidine rings is 1. The van der Waals surface area contributed by atoms with Crippen molar-refractivity contribution in [2.45, 2.75) is 31.8 Å². The van der Waals surface area contributed by atoms with Crippen molar-refractivity contribution in [1.82, 2.24) is 10.2 Å². The highest BCUT2D eigenvalue weighted by molar-refractivity contribution is 7.80. The van der Waals surface area contributed by atoms with E-state index in [2.05, 4.69) is 5.32 Å². The van der Waals surface area contributed by atoms with Gasteiger partial charge in [0.15, 0.2) is 16.6 Å². The third kappa shape index (κ3) is 3.09. The minimum atomic E-state index is -0.313. The van der Waals surface area contributed by atoms with Crippen LogP contribution in [0.5, 0.6) is 11.5 Å². The Morgan fingerprint density at radius 1 is 1.36 bits per heavy atom. The monoisotopic (exact) mass is 321 g/mol. The van der Waals surface area contributed by atoms with Crippen molar-refractivity contribution in [2.24, 2.45) is 5.73 Å². The first-order chi connectivity index (χ1) is 10.6. The van der Waals surface area contributed by atoms with Crippen LogP contribution in [0.3, 0.4) is 0 Å². The van der Waals surface area contributed by atoms with Gasteiger partial charge in [-0.05, 0) is 49.2 Å². The van der Waals surface area contributed by atoms with Crippen molar-refractivity contribution >= 4 is 23.2 Å². The number of fused-ring (bicyclic) bond motifs is 1. The fourth-order valence-corrected chi connectivity index (χ4v) is 3.09. The summed E-state index contributed by atoms with van der Waals surface area (Å²) in [6.07, 6.45) is 2.80. The molecule has 118 valence electrons. The van der Waals surface area contributed by atoms with Crippen LogP contribution in [0.15, 0.2) is 18.2 Å². The number of rotatable bonds is 3. The summed E-state index contributed by atoms with van der Waals surface area (Å²) in [5.41, 5.74) is 6.51. The first kappa shape index (κ1) is 14.9. The number of hydrogen-bond acceptors (Lipinski definition) is 4. The lowest BCUT2D eigenvalue weighted by Gasteiger charge is -2.35. The summed E-state index contributed by atoms with van der Waals surface area (Å²) in [5, 5.41) is 3.77. The number of nitrogens with one attached hydrogen (secondary N) is 1. The number of nitrogens with zero attached hydrogens (tertiary/aromatic N) is 1. The number of benzene rings is 1. The average molecular weight is 321 g/mol. The third-order valence-electron chi connectivity index (χ3n) is 3.97. The molecule has 0 aromatic heterocycles. The first-order valence-corrected chi connectivity index (χ1v) is 7.78. The van der Waals surface area contributed by atoms with Gasteiger partial charge in [0, 0.05) is 13.1 Å². The van der Waals surface area contributed by atoms with Gasteiger partial charge < -0.3 is 25.4 Å². The Morgan fingerprint density at radius 2 is 2.18 bits per heavy atom. The second-order valence-corrected chi connectivity index (χ2v) is 5.84. The van der Waals surface area contributed by atoms with E-state index < -0.39 is 0 Å². The van der Waals surface area contributed by atoms with Crippen molar-refractivity contribution in [1.29, 1.82) is 0 Å². The van der Waals surface area contributed by atoms with Crippen LogP contribution in [0.25, 0.3) is 0 Å². The standard InChI is InChI=1S/C15H19N3O3S/c16-14(19)11-3-1-2-6-18(11)15(22)17-8-10-4-5-12-13(7-10)21-9-20-12/h4-5,7,11H,1-3,6,8-9H2,(H2,16,19)(H,17,22)/t11-/m0/s1. The van der Waals surface area contributed by atoms with Crippen LogP contribution in [0, 0.1) is 0 Å². The molecule has 0 bridgehead atoms. The summed E-state index contributed by atoms with van der Waals surface area (Å²) in [4.78, 5) is 13.4. The summed E-state index contributed by atoms with van der Waals surface area (Å²) in [6, 6.07) is 5.48. The Morgan fingerprint density at radius 3 is 3.00 bits per heavy atom. The van der Waals surface area contributed by atoms with Crippen LogP contribution in [0.4, 0.5) is 0 Å². The van der Waals surface area contributed by atoms with Gasteiger partial charge in [-0.25, -0.2) is 0 Å². The topological polar surface area (TPSA) is 76.8 Å². The average Bonchev–Trinajstić information content (AvgIpc) is 3.00. The third-order valence-corrected chi connectivity index (χ3v) is 4.35. The van der Waals surface area contributed by atoms with E-state index in [1.54, 1.807) is 0 Å². The quantitative estimate of drug-likeness (QED) is 0.813. The summed E-state index contributed by atoms with van der Waals surface area (Å²) >= 11 is 5.42. The van der Waals surface area contributed by atoms with Crippen LogP contribution < -0.4 is 20.5 Å². The fourth-order valence-electron chi connectivity index (χ4n) is 2.80. The van der Waals surface area contributed by atoms with E-state index in [0.717, 1.165) is 42.9 Å². The van der Waals surface area contributed by atoms with E-state index >= 15 is 0 Å². The Hall–Kier alpha value is -2.02. The van der Waals surface area contributed by atoms with Crippen molar-refractivity contribution in [3.05, 3.63) is 23.8 Å². The van der Waals surface area contributed by atoms with Crippen LogP contribution in [-0.4, -0.2) is 35.3 Å². The Labute approximate surface area is 134 Å². The van der Waals surface area contributed by atoms with E-state index in [4.69, 9.17) is 27.4 Å². The lowest BCUT2D eigenvalue weighted by Crippen LogP contribution is -2.53. The predicted molar refractivity (Wildman–Crippen MR) is 85.5 cm³/mol. The number of ether oxygens (including phenoxy) is 2. The van der Waals surface area contributed by atoms with Crippen LogP contribution in [0.2, 0.25) is 0 Å². The van der Waals surface area contributed by atoms with Gasteiger partial charge in [0.05, 0.1) is 0 Å². The highest BCUT2D eigenvalue weighted by Gasteiger charge is 2.28. The number of nitrogens with two attached hydrogens (primary N) is 1. The SMILES string of the molecule is NC(=O)[C@@H]1CCCCN1C(=S)NCc1ccc2c(c1)OCO2. The van der Waals surface area contributed by atoms with Crippen LogP contribution >= 0.6 is 12.2 Å². The predicted octanol–water partition coefficient (Wildman–Crippen LogP) is 1.13. The number of carbonyl (C=O) groups excluding carboxylic acids is 1. The summed E-state index contributed by atoms with van der Waals surface area (Å²) in [5.74, 6) is 1.20. The molecular weight excluding hydrogens is 302 g/mol. The van der Waals surface area contributed by atoms with Gasteiger partial charge in [-0.2, -0.15) is 0 Å². The Balaban J connectivity index is 1.60. The molecule has 1 saturated heterocycles. The van der Waals surface area contributed by atoms with Gasteiger partial charge in [-0.15, -0.1) is 0 Å². The lowest BCUT2D eigenvalue weighted by atomic mass is 10.0. The van der Waals surface area contributed by atoms with Crippen molar-refractivity contribution in [3.63, 3.8) is 0 Å². The molecule has 3 rings (SSSR count). The molecule has 0 unspecified atom stereocenters. The minimum absolute atomic E-state index is 0.263. The molecule has 6 nitrogen and oxygen atoms in total. The Kier molecular flexibility index (Phi) is 4.33. The molecule has 0 aliphatic carbocycles. The highest BCUT2D eigenvalue weighted by atomic mass is 32.1. The maximum absolute atomic E-state index is 11.5. The van der Waals surface area contributed by atoms with E-state index in [-0.39, 0.29) is 18.7 Å². The Bertz CT molecular complexity index is 593. The van der Waals surface area contributed by atoms with Gasteiger partial charge in [0.25, 0.3) is 0 Å². The smallest absolute Gasteiger partial charge is 0.240 e. The number of carbonyl (C=O) groups is 1. The van der Waals surface area contributed by atoms with Crippen molar-refractivity contribution < 1.29 is 14.3 Å². The van der Waals surface area contributed by atoms with E-state index in [1.165, 1.54) is 0 Å². The largest absolute Gasteiger partial charge is 0.454 e. The normalized spacial score (nSPS) is 19.8. The zero-order valence-corrected chi connectivity index (χ0v) is 13.0. The fraction of sp³-hybridized carbons (Fsp3) is 0.467. The van der Waals surface area contributed by atoms with E-state index in [0.29, 0.717) is 11.7 Å². The molecule has 1 amide bonds. The molecule has 1 atom stereocenters. The second-order valence-electron chi connectivity index (χ2n) is 5.45. The summed E-state index contributed by atoms with van der Waals surface area (Å²) in [6.45, 7) is 1.59. The molecule has 7 heteroatoms. The van der Waals surface area contributed by atoms with Crippen LogP contribution in [0.1, 0.15) is 24.8 Å². The maximum Gasteiger partial charge on any atom is 0.240 e. The van der Waals surface area contributed by atoms with Gasteiger partial charge in [-0.1, -0.05) is 6.07 Å². The van der Waals surface area contributed by atoms with Gasteiger partial charge in [0.2, 0.25) is 12.7 Å². The number of likely N-dealkylation sites (tertiary alicyclic amines) is 1. The molecule has 2 aliphatic heterocycles. The van der Waals surface area contributed by atoms with Gasteiger partial charge >= 0.3 is 0 Å². The number of hydrogen-bond donors (Lipinski definition) is 2. The van der Waals surface area contributed by atoms with Crippen molar-refractivity contribution in [2.75, 3.05) is 13.3 Å². The molecular formula is C15H19N3O3S. The second kappa shape index (κ2) is 6.39. The molecule has 1 aromatic rings. The summed E-state index contributed by atoms with van der Waals surface area (Å²) in [7, 11) is 0. The number of thiocarbonyl (C=S) groups is 1. The molecule has 0 radical (unpaired) electrons. The molecule has 2 aliphatic rings. The molecule has 2 heterocycles. The van der Waals surface area contributed by atoms with E-state index in [1.807, 2.05) is 23.1 Å². The first-order valence-electron chi connectivity index (χ1n) is 7.37. The van der Waals surface area contributed by atoms with E-state index in [9.17, 15) is 4.79 Å². The molecule has 22 heavy (non-hydrogen) atoms. The highest BCUT2D eigenvalue weighted by Crippen LogP contribution is 2.32. The molecule has 1 aromatic carbocycles. The summed E-state index contributed by atoms with van der Waals surface area (Å²) < 4.78 is 10.6. The molecule has 0 saturated carbocycles. The molecule has 0 spiro atoms. The molecule has 3 N–H and O–H groups in total. The minimum Gasteiger partial charge on any atom is -0.454 e. The number of primary amides is 1. The lowest BCUT2D eigenvalue weighted by molar-refractivity contribution is -0.122. The molecule has 1 fully saturated rings. The zero-order valence-electron chi connectivity index (χ0n) is 12.2. The van der Waals surface area contributed by atoms with Gasteiger partial charge in [0.1, 0.15) is 6.04 Å². The van der Waals surface area contributed by atoms with Gasteiger partial charge in [-0.3, -0.25) is 4.79 Å². The number of amides is 1. The van der Waals surface area contributed by atoms with Crippen molar-refractivity contribution in [3.8, 4) is 11.5 Å². The van der Waals surface area contributed by atoms with Crippen LogP contribution in [-0.2, 0) is 11.3 Å². The zero-order chi connectivity index (χ0) is 15.5. The maximum atomic E-state index is 11.5.